The topological polar surface area (TPSA) is 41.6 Å². The second-order valence-corrected chi connectivity index (χ2v) is 6.97. The van der Waals surface area contributed by atoms with E-state index in [2.05, 4.69) is 33.0 Å². The Hall–Kier alpha value is -0.610. The maximum Gasteiger partial charge on any atom is 0.252 e. The zero-order valence-corrected chi connectivity index (χ0v) is 12.7. The molecule has 0 radical (unpaired) electrons. The Bertz CT molecular complexity index is 322. The first-order chi connectivity index (χ1) is 8.90. The number of hydrogen-bond acceptors (Lipinski definition) is 3. The lowest BCUT2D eigenvalue weighted by Crippen LogP contribution is -2.65. The molecule has 2 aliphatic heterocycles. The van der Waals surface area contributed by atoms with E-state index < -0.39 is 0 Å². The molecular formula is C15H28N2O2. The molecular weight excluding hydrogens is 240 g/mol. The van der Waals surface area contributed by atoms with Crippen molar-refractivity contribution in [2.24, 2.45) is 5.92 Å². The van der Waals surface area contributed by atoms with Gasteiger partial charge < -0.3 is 15.0 Å². The van der Waals surface area contributed by atoms with Gasteiger partial charge in [-0.05, 0) is 39.0 Å². The Kier molecular flexibility index (Phi) is 4.51. The molecule has 1 N–H and O–H groups in total. The minimum Gasteiger partial charge on any atom is -0.368 e. The van der Waals surface area contributed by atoms with E-state index in [1.54, 1.807) is 0 Å². The lowest BCUT2D eigenvalue weighted by atomic mass is 9.93. The highest BCUT2D eigenvalue weighted by Gasteiger charge is 2.40. The maximum atomic E-state index is 12.6. The van der Waals surface area contributed by atoms with Crippen LogP contribution in [-0.4, -0.2) is 48.2 Å². The minimum absolute atomic E-state index is 0.115. The van der Waals surface area contributed by atoms with Gasteiger partial charge in [0.2, 0.25) is 0 Å². The second kappa shape index (κ2) is 5.80. The van der Waals surface area contributed by atoms with Crippen LogP contribution in [0.1, 0.15) is 47.0 Å². The number of nitrogens with one attached hydrogen (secondary N) is 1. The van der Waals surface area contributed by atoms with E-state index in [-0.39, 0.29) is 17.6 Å². The molecule has 1 amide bonds. The molecule has 2 atom stereocenters. The van der Waals surface area contributed by atoms with E-state index in [4.69, 9.17) is 4.74 Å². The summed E-state index contributed by atoms with van der Waals surface area (Å²) >= 11 is 0. The van der Waals surface area contributed by atoms with Gasteiger partial charge >= 0.3 is 0 Å². The third kappa shape index (κ3) is 3.48. The third-order valence-corrected chi connectivity index (χ3v) is 4.18. The first-order valence-corrected chi connectivity index (χ1v) is 7.56. The molecule has 0 aliphatic carbocycles. The van der Waals surface area contributed by atoms with Gasteiger partial charge in [0.15, 0.2) is 0 Å². The molecule has 4 nitrogen and oxygen atoms in total. The fourth-order valence-corrected chi connectivity index (χ4v) is 3.08. The first-order valence-electron chi connectivity index (χ1n) is 7.56. The lowest BCUT2D eigenvalue weighted by molar-refractivity contribution is -0.148. The summed E-state index contributed by atoms with van der Waals surface area (Å²) in [5.41, 5.74) is -0.115. The summed E-state index contributed by atoms with van der Waals surface area (Å²) in [7, 11) is 0. The van der Waals surface area contributed by atoms with Crippen LogP contribution in [0.4, 0.5) is 0 Å². The Balaban J connectivity index is 2.03. The summed E-state index contributed by atoms with van der Waals surface area (Å²) in [6, 6.07) is 0.415. The van der Waals surface area contributed by atoms with Gasteiger partial charge in [-0.3, -0.25) is 4.79 Å². The van der Waals surface area contributed by atoms with Crippen molar-refractivity contribution in [3.63, 3.8) is 0 Å². The quantitative estimate of drug-likeness (QED) is 0.848. The van der Waals surface area contributed by atoms with E-state index in [0.29, 0.717) is 12.0 Å². The average Bonchev–Trinajstić information content (AvgIpc) is 2.83. The van der Waals surface area contributed by atoms with Crippen LogP contribution in [0.25, 0.3) is 0 Å². The van der Waals surface area contributed by atoms with Crippen LogP contribution in [0.5, 0.6) is 0 Å². The number of hydrogen-bond donors (Lipinski definition) is 1. The largest absolute Gasteiger partial charge is 0.368 e. The molecule has 110 valence electrons. The lowest BCUT2D eigenvalue weighted by Gasteiger charge is -2.47. The number of nitrogens with zero attached hydrogens (tertiary/aromatic N) is 1. The predicted octanol–water partition coefficient (Wildman–Crippen LogP) is 1.79. The maximum absolute atomic E-state index is 12.6. The Morgan fingerprint density at radius 2 is 2.21 bits per heavy atom. The first kappa shape index (κ1) is 14.8. The molecule has 2 heterocycles. The van der Waals surface area contributed by atoms with Crippen molar-refractivity contribution in [1.29, 1.82) is 0 Å². The van der Waals surface area contributed by atoms with Crippen molar-refractivity contribution in [1.82, 2.24) is 10.2 Å². The molecule has 2 unspecified atom stereocenters. The summed E-state index contributed by atoms with van der Waals surface area (Å²) in [6.07, 6.45) is 2.81. The van der Waals surface area contributed by atoms with Crippen molar-refractivity contribution in [2.45, 2.75) is 64.6 Å². The van der Waals surface area contributed by atoms with Crippen molar-refractivity contribution in [3.05, 3.63) is 0 Å². The van der Waals surface area contributed by atoms with Crippen molar-refractivity contribution < 1.29 is 9.53 Å². The zero-order valence-electron chi connectivity index (χ0n) is 12.7. The monoisotopic (exact) mass is 268 g/mol. The highest BCUT2D eigenvalue weighted by Crippen LogP contribution is 2.25. The normalized spacial score (nSPS) is 30.9. The minimum atomic E-state index is -0.197. The molecule has 2 saturated heterocycles. The molecule has 0 bridgehead atoms. The van der Waals surface area contributed by atoms with E-state index in [9.17, 15) is 4.79 Å². The smallest absolute Gasteiger partial charge is 0.252 e. The second-order valence-electron chi connectivity index (χ2n) is 6.97. The van der Waals surface area contributed by atoms with Gasteiger partial charge in [0.05, 0.1) is 0 Å². The molecule has 2 aliphatic rings. The van der Waals surface area contributed by atoms with Crippen molar-refractivity contribution >= 4 is 5.91 Å². The molecule has 0 aromatic rings. The number of carbonyl (C=O) groups excluding carboxylic acids is 1. The van der Waals surface area contributed by atoms with Gasteiger partial charge in [0, 0.05) is 31.3 Å². The summed E-state index contributed by atoms with van der Waals surface area (Å²) in [5, 5.41) is 3.58. The number of piperazine rings is 1. The van der Waals surface area contributed by atoms with E-state index in [1.807, 2.05) is 4.90 Å². The van der Waals surface area contributed by atoms with E-state index in [1.165, 1.54) is 0 Å². The van der Waals surface area contributed by atoms with Crippen molar-refractivity contribution in [2.75, 3.05) is 19.7 Å². The van der Waals surface area contributed by atoms with Gasteiger partial charge in [-0.25, -0.2) is 0 Å². The summed E-state index contributed by atoms with van der Waals surface area (Å²) in [6.45, 7) is 11.1. The molecule has 4 heteroatoms. The van der Waals surface area contributed by atoms with Crippen LogP contribution in [0.2, 0.25) is 0 Å². The third-order valence-electron chi connectivity index (χ3n) is 4.18. The van der Waals surface area contributed by atoms with E-state index >= 15 is 0 Å². The number of amides is 1. The zero-order chi connectivity index (χ0) is 14.0. The molecule has 19 heavy (non-hydrogen) atoms. The standard InChI is InChI=1S/C15H28N2O2/c1-11(2)8-12-9-17(15(3,4)10-16-12)14(18)13-6-5-7-19-13/h11-13,16H,5-10H2,1-4H3. The number of carbonyl (C=O) groups is 1. The molecule has 2 fully saturated rings. The fraction of sp³-hybridized carbons (Fsp3) is 0.933. The SMILES string of the molecule is CC(C)CC1CN(C(=O)C2CCCO2)C(C)(C)CN1. The van der Waals surface area contributed by atoms with Crippen molar-refractivity contribution in [3.8, 4) is 0 Å². The molecule has 2 rings (SSSR count). The Labute approximate surface area is 116 Å². The van der Waals surface area contributed by atoms with Gasteiger partial charge in [0.25, 0.3) is 5.91 Å². The van der Waals surface area contributed by atoms with E-state index in [0.717, 1.165) is 39.0 Å². The van der Waals surface area contributed by atoms with Gasteiger partial charge in [-0.15, -0.1) is 0 Å². The molecule has 0 saturated carbocycles. The van der Waals surface area contributed by atoms with Crippen LogP contribution < -0.4 is 5.32 Å². The molecule has 0 aromatic heterocycles. The Morgan fingerprint density at radius 3 is 2.79 bits per heavy atom. The van der Waals surface area contributed by atoms with Crippen LogP contribution in [0, 0.1) is 5.92 Å². The molecule has 0 spiro atoms. The summed E-state index contributed by atoms with van der Waals surface area (Å²) < 4.78 is 5.57. The van der Waals surface area contributed by atoms with Gasteiger partial charge in [-0.2, -0.15) is 0 Å². The Morgan fingerprint density at radius 1 is 1.47 bits per heavy atom. The van der Waals surface area contributed by atoms with Crippen LogP contribution in [-0.2, 0) is 9.53 Å². The van der Waals surface area contributed by atoms with Gasteiger partial charge in [0.1, 0.15) is 6.10 Å². The average molecular weight is 268 g/mol. The van der Waals surface area contributed by atoms with Crippen LogP contribution in [0.15, 0.2) is 0 Å². The van der Waals surface area contributed by atoms with Gasteiger partial charge in [-0.1, -0.05) is 13.8 Å². The van der Waals surface area contributed by atoms with Crippen LogP contribution >= 0.6 is 0 Å². The number of ether oxygens (including phenoxy) is 1. The molecule has 0 aromatic carbocycles. The van der Waals surface area contributed by atoms with Crippen LogP contribution in [0.3, 0.4) is 0 Å². The number of rotatable bonds is 3. The predicted molar refractivity (Wildman–Crippen MR) is 76.0 cm³/mol. The summed E-state index contributed by atoms with van der Waals surface area (Å²) in [5.74, 6) is 0.844. The fourth-order valence-electron chi connectivity index (χ4n) is 3.08. The highest BCUT2D eigenvalue weighted by atomic mass is 16.5. The summed E-state index contributed by atoms with van der Waals surface area (Å²) in [4.78, 5) is 14.7. The highest BCUT2D eigenvalue weighted by molar-refractivity contribution is 5.82.